The van der Waals surface area contributed by atoms with E-state index in [-0.39, 0.29) is 0 Å². The van der Waals surface area contributed by atoms with E-state index < -0.39 is 11.7 Å². The maximum atomic E-state index is 10.3. The fourth-order valence-electron chi connectivity index (χ4n) is 1.73. The minimum atomic E-state index is -0.703. The molecule has 0 spiro atoms. The van der Waals surface area contributed by atoms with E-state index in [1.54, 1.807) is 6.07 Å². The van der Waals surface area contributed by atoms with Crippen LogP contribution in [0.15, 0.2) is 24.3 Å². The Balaban J connectivity index is 2.99. The van der Waals surface area contributed by atoms with Gasteiger partial charge in [-0.15, -0.1) is 0 Å². The molecule has 0 fully saturated rings. The van der Waals surface area contributed by atoms with Crippen LogP contribution in [0.3, 0.4) is 0 Å². The lowest BCUT2D eigenvalue weighted by molar-refractivity contribution is -0.113. The second kappa shape index (κ2) is 5.67. The molecule has 0 aliphatic carbocycles. The normalized spacial score (nSPS) is 16.8. The van der Waals surface area contributed by atoms with Gasteiger partial charge in [-0.3, -0.25) is 0 Å². The van der Waals surface area contributed by atoms with Crippen molar-refractivity contribution < 1.29 is 9.84 Å². The van der Waals surface area contributed by atoms with Gasteiger partial charge in [-0.05, 0) is 26.3 Å². The number of halogens is 1. The predicted molar refractivity (Wildman–Crippen MR) is 66.7 cm³/mol. The summed E-state index contributed by atoms with van der Waals surface area (Å²) in [6, 6.07) is 7.33. The minimum Gasteiger partial charge on any atom is -0.385 e. The molecule has 0 amide bonds. The smallest absolute Gasteiger partial charge is 0.109 e. The van der Waals surface area contributed by atoms with E-state index in [2.05, 4.69) is 0 Å². The van der Waals surface area contributed by atoms with E-state index in [1.165, 1.54) is 0 Å². The number of aliphatic hydroxyl groups is 1. The van der Waals surface area contributed by atoms with Gasteiger partial charge in [-0.1, -0.05) is 36.7 Å². The minimum absolute atomic E-state index is 0.575. The highest BCUT2D eigenvalue weighted by Crippen LogP contribution is 2.35. The molecule has 0 aliphatic rings. The third-order valence-electron chi connectivity index (χ3n) is 2.95. The van der Waals surface area contributed by atoms with Gasteiger partial charge in [0.25, 0.3) is 0 Å². The summed E-state index contributed by atoms with van der Waals surface area (Å²) in [7, 11) is 0. The molecule has 1 aromatic carbocycles. The van der Waals surface area contributed by atoms with Crippen molar-refractivity contribution >= 4 is 11.6 Å². The van der Waals surface area contributed by atoms with Gasteiger partial charge in [0.2, 0.25) is 0 Å². The summed E-state index contributed by atoms with van der Waals surface area (Å²) in [5.41, 5.74) is 0.140. The van der Waals surface area contributed by atoms with Crippen LogP contribution in [0, 0.1) is 0 Å². The molecular weight excluding hydrogens is 224 g/mol. The quantitative estimate of drug-likeness (QED) is 0.855. The van der Waals surface area contributed by atoms with Crippen molar-refractivity contribution in [1.82, 2.24) is 0 Å². The van der Waals surface area contributed by atoms with Gasteiger partial charge in [-0.25, -0.2) is 0 Å². The van der Waals surface area contributed by atoms with Gasteiger partial charge < -0.3 is 9.84 Å². The number of hydrogen-bond donors (Lipinski definition) is 1. The molecule has 0 heterocycles. The summed E-state index contributed by atoms with van der Waals surface area (Å²) >= 11 is 6.07. The number of aliphatic hydroxyl groups excluding tert-OH is 1. The van der Waals surface area contributed by atoms with E-state index in [1.807, 2.05) is 39.0 Å². The van der Waals surface area contributed by atoms with Gasteiger partial charge in [0.15, 0.2) is 0 Å². The average molecular weight is 243 g/mol. The largest absolute Gasteiger partial charge is 0.385 e. The maximum Gasteiger partial charge on any atom is 0.109 e. The van der Waals surface area contributed by atoms with Gasteiger partial charge >= 0.3 is 0 Å². The zero-order valence-electron chi connectivity index (χ0n) is 10.0. The molecule has 2 nitrogen and oxygen atoms in total. The Morgan fingerprint density at radius 2 is 2.00 bits per heavy atom. The van der Waals surface area contributed by atoms with Crippen LogP contribution in [-0.2, 0) is 4.74 Å². The fourth-order valence-corrected chi connectivity index (χ4v) is 1.97. The molecule has 90 valence electrons. The topological polar surface area (TPSA) is 29.5 Å². The summed E-state index contributed by atoms with van der Waals surface area (Å²) in [5, 5.41) is 10.9. The van der Waals surface area contributed by atoms with Crippen LogP contribution in [0.2, 0.25) is 5.02 Å². The number of ether oxygens (including phenoxy) is 1. The summed E-state index contributed by atoms with van der Waals surface area (Å²) in [6.07, 6.45) is 0.0268. The molecule has 16 heavy (non-hydrogen) atoms. The van der Waals surface area contributed by atoms with Crippen molar-refractivity contribution in [2.75, 3.05) is 6.61 Å². The Labute approximate surface area is 102 Å². The molecule has 1 N–H and O–H groups in total. The Kier molecular flexibility index (Phi) is 4.78. The van der Waals surface area contributed by atoms with Crippen LogP contribution in [0.1, 0.15) is 38.9 Å². The Morgan fingerprint density at radius 3 is 2.50 bits per heavy atom. The van der Waals surface area contributed by atoms with E-state index in [9.17, 15) is 5.11 Å². The van der Waals surface area contributed by atoms with Crippen molar-refractivity contribution in [3.8, 4) is 0 Å². The van der Waals surface area contributed by atoms with E-state index in [0.717, 1.165) is 12.0 Å². The highest BCUT2D eigenvalue weighted by molar-refractivity contribution is 6.31. The third kappa shape index (κ3) is 2.76. The van der Waals surface area contributed by atoms with Gasteiger partial charge in [0.1, 0.15) is 6.10 Å². The molecule has 2 atom stereocenters. The summed E-state index contributed by atoms with van der Waals surface area (Å²) in [4.78, 5) is 0. The first-order chi connectivity index (χ1) is 7.55. The first-order valence-electron chi connectivity index (χ1n) is 5.61. The molecule has 0 radical (unpaired) electrons. The highest BCUT2D eigenvalue weighted by atomic mass is 35.5. The summed E-state index contributed by atoms with van der Waals surface area (Å²) < 4.78 is 5.64. The van der Waals surface area contributed by atoms with Crippen molar-refractivity contribution in [1.29, 1.82) is 0 Å². The van der Waals surface area contributed by atoms with Crippen LogP contribution in [-0.4, -0.2) is 17.3 Å². The predicted octanol–water partition coefficient (Wildman–Crippen LogP) is 3.58. The monoisotopic (exact) mass is 242 g/mol. The average Bonchev–Trinajstić information content (AvgIpc) is 2.29. The van der Waals surface area contributed by atoms with Crippen LogP contribution in [0.4, 0.5) is 0 Å². The van der Waals surface area contributed by atoms with Crippen LogP contribution in [0.5, 0.6) is 0 Å². The SMILES string of the molecule is CCOC(C)(CC)C(O)c1ccccc1Cl. The number of benzene rings is 1. The Morgan fingerprint density at radius 1 is 1.38 bits per heavy atom. The standard InChI is InChI=1S/C13H19ClO2/c1-4-13(3,16-5-2)12(15)10-8-6-7-9-11(10)14/h6-9,12,15H,4-5H2,1-3H3. The molecule has 0 saturated heterocycles. The van der Waals surface area contributed by atoms with Crippen molar-refractivity contribution in [3.05, 3.63) is 34.9 Å². The highest BCUT2D eigenvalue weighted by Gasteiger charge is 2.33. The molecule has 0 bridgehead atoms. The summed E-state index contributed by atoms with van der Waals surface area (Å²) in [6.45, 7) is 6.40. The summed E-state index contributed by atoms with van der Waals surface area (Å²) in [5.74, 6) is 0. The third-order valence-corrected chi connectivity index (χ3v) is 3.30. The van der Waals surface area contributed by atoms with Crippen molar-refractivity contribution in [2.45, 2.75) is 38.9 Å². The van der Waals surface area contributed by atoms with E-state index >= 15 is 0 Å². The molecule has 2 unspecified atom stereocenters. The molecule has 0 saturated carbocycles. The van der Waals surface area contributed by atoms with Crippen LogP contribution >= 0.6 is 11.6 Å². The Bertz CT molecular complexity index is 340. The lowest BCUT2D eigenvalue weighted by Crippen LogP contribution is -2.35. The zero-order chi connectivity index (χ0) is 12.2. The van der Waals surface area contributed by atoms with Crippen LogP contribution < -0.4 is 0 Å². The molecular formula is C13H19ClO2. The first-order valence-corrected chi connectivity index (χ1v) is 5.99. The van der Waals surface area contributed by atoms with Gasteiger partial charge in [-0.2, -0.15) is 0 Å². The van der Waals surface area contributed by atoms with E-state index in [4.69, 9.17) is 16.3 Å². The molecule has 0 aliphatic heterocycles. The number of hydrogen-bond acceptors (Lipinski definition) is 2. The van der Waals surface area contributed by atoms with Gasteiger partial charge in [0.05, 0.1) is 5.60 Å². The molecule has 3 heteroatoms. The fraction of sp³-hybridized carbons (Fsp3) is 0.538. The number of rotatable bonds is 5. The zero-order valence-corrected chi connectivity index (χ0v) is 10.8. The second-order valence-electron chi connectivity index (χ2n) is 4.02. The lowest BCUT2D eigenvalue weighted by Gasteiger charge is -2.34. The lowest BCUT2D eigenvalue weighted by atomic mass is 9.90. The van der Waals surface area contributed by atoms with Crippen molar-refractivity contribution in [3.63, 3.8) is 0 Å². The molecule has 1 rings (SSSR count). The van der Waals surface area contributed by atoms with Crippen molar-refractivity contribution in [2.24, 2.45) is 0 Å². The first kappa shape index (κ1) is 13.5. The van der Waals surface area contributed by atoms with Crippen LogP contribution in [0.25, 0.3) is 0 Å². The Hall–Kier alpha value is -0.570. The molecule has 1 aromatic rings. The molecule has 0 aromatic heterocycles. The van der Waals surface area contributed by atoms with E-state index in [0.29, 0.717) is 11.6 Å². The second-order valence-corrected chi connectivity index (χ2v) is 4.43. The maximum absolute atomic E-state index is 10.3. The van der Waals surface area contributed by atoms with Gasteiger partial charge in [0, 0.05) is 17.2 Å².